The fraction of sp³-hybridized carbons (Fsp3) is 0.243. The van der Waals surface area contributed by atoms with E-state index in [2.05, 4.69) is 0 Å². The molecule has 44 heavy (non-hydrogen) atoms. The normalized spacial score (nSPS) is 18.6. The number of hydrogen-bond donors (Lipinski definition) is 1. The highest BCUT2D eigenvalue weighted by Crippen LogP contribution is 2.43. The second-order valence-corrected chi connectivity index (χ2v) is 11.1. The monoisotopic (exact) mass is 589 g/mol. The van der Waals surface area contributed by atoms with Crippen molar-refractivity contribution in [2.24, 2.45) is 0 Å². The van der Waals surface area contributed by atoms with Crippen LogP contribution in [0.3, 0.4) is 0 Å². The van der Waals surface area contributed by atoms with E-state index < -0.39 is 17.7 Å². The van der Waals surface area contributed by atoms with Crippen LogP contribution < -0.4 is 14.2 Å². The summed E-state index contributed by atoms with van der Waals surface area (Å²) in [5, 5.41) is 11.7. The van der Waals surface area contributed by atoms with Crippen molar-refractivity contribution >= 4 is 17.4 Å². The van der Waals surface area contributed by atoms with E-state index in [-0.39, 0.29) is 17.4 Å². The quantitative estimate of drug-likeness (QED) is 0.127. The Morgan fingerprint density at radius 3 is 2.34 bits per heavy atom. The van der Waals surface area contributed by atoms with Gasteiger partial charge in [-0.3, -0.25) is 9.59 Å². The number of rotatable bonds is 10. The SMILES string of the molecule is CCOc1cc(C2/C(=C(/O)c3ccc4c(c3)CC(C)O4)C(=O)C(=O)N2CCc2ccccc2)ccc1OCc1ccccc1. The minimum Gasteiger partial charge on any atom is -0.507 e. The summed E-state index contributed by atoms with van der Waals surface area (Å²) in [6.07, 6.45) is 1.29. The number of hydrogen-bond acceptors (Lipinski definition) is 6. The van der Waals surface area contributed by atoms with Crippen LogP contribution in [0.1, 0.15) is 47.7 Å². The number of carbonyl (C=O) groups is 2. The van der Waals surface area contributed by atoms with Crippen LogP contribution in [-0.4, -0.2) is 41.0 Å². The maximum absolute atomic E-state index is 13.7. The first-order valence-corrected chi connectivity index (χ1v) is 15.0. The molecule has 4 aromatic carbocycles. The molecule has 7 nitrogen and oxygen atoms in total. The van der Waals surface area contributed by atoms with E-state index in [4.69, 9.17) is 14.2 Å². The lowest BCUT2D eigenvalue weighted by Crippen LogP contribution is -2.31. The molecule has 2 heterocycles. The molecule has 0 aromatic heterocycles. The van der Waals surface area contributed by atoms with Crippen LogP contribution in [-0.2, 0) is 29.0 Å². The van der Waals surface area contributed by atoms with E-state index in [1.807, 2.05) is 86.6 Å². The molecule has 1 amide bonds. The lowest BCUT2D eigenvalue weighted by molar-refractivity contribution is -0.139. The Hall–Kier alpha value is -5.04. The van der Waals surface area contributed by atoms with Gasteiger partial charge in [-0.1, -0.05) is 66.7 Å². The molecule has 2 atom stereocenters. The first-order chi connectivity index (χ1) is 21.4. The smallest absolute Gasteiger partial charge is 0.295 e. The van der Waals surface area contributed by atoms with E-state index in [1.54, 1.807) is 29.2 Å². The summed E-state index contributed by atoms with van der Waals surface area (Å²) in [5.74, 6) is 0.245. The Labute approximate surface area is 257 Å². The molecule has 4 aromatic rings. The average Bonchev–Trinajstić information content (AvgIpc) is 3.54. The molecule has 2 aliphatic rings. The van der Waals surface area contributed by atoms with Crippen molar-refractivity contribution in [3.63, 3.8) is 0 Å². The van der Waals surface area contributed by atoms with Crippen molar-refractivity contribution in [1.29, 1.82) is 0 Å². The second kappa shape index (κ2) is 12.7. The second-order valence-electron chi connectivity index (χ2n) is 11.1. The van der Waals surface area contributed by atoms with Crippen molar-refractivity contribution in [2.45, 2.75) is 45.4 Å². The first kappa shape index (κ1) is 29.1. The number of aliphatic hydroxyl groups is 1. The van der Waals surface area contributed by atoms with Crippen LogP contribution in [0, 0.1) is 0 Å². The molecule has 0 bridgehead atoms. The lowest BCUT2D eigenvalue weighted by atomic mass is 9.94. The number of ketones is 1. The van der Waals surface area contributed by atoms with E-state index >= 15 is 0 Å². The number of amides is 1. The molecule has 2 unspecified atom stereocenters. The average molecular weight is 590 g/mol. The summed E-state index contributed by atoms with van der Waals surface area (Å²) >= 11 is 0. The Kier molecular flexibility index (Phi) is 8.37. The maximum Gasteiger partial charge on any atom is 0.295 e. The third-order valence-electron chi connectivity index (χ3n) is 8.01. The van der Waals surface area contributed by atoms with Crippen molar-refractivity contribution < 1.29 is 28.9 Å². The zero-order valence-electron chi connectivity index (χ0n) is 24.9. The van der Waals surface area contributed by atoms with Gasteiger partial charge < -0.3 is 24.2 Å². The van der Waals surface area contributed by atoms with Crippen LogP contribution in [0.25, 0.3) is 5.76 Å². The molecule has 0 aliphatic carbocycles. The van der Waals surface area contributed by atoms with Crippen LogP contribution in [0.2, 0.25) is 0 Å². The van der Waals surface area contributed by atoms with E-state index in [0.717, 1.165) is 22.4 Å². The van der Waals surface area contributed by atoms with Gasteiger partial charge in [0.25, 0.3) is 11.7 Å². The Balaban J connectivity index is 1.40. The number of carbonyl (C=O) groups excluding carboxylic acids is 2. The highest BCUT2D eigenvalue weighted by Gasteiger charge is 2.46. The molecule has 0 radical (unpaired) electrons. The number of ether oxygens (including phenoxy) is 3. The van der Waals surface area contributed by atoms with Crippen LogP contribution in [0.4, 0.5) is 0 Å². The van der Waals surface area contributed by atoms with Crippen LogP contribution >= 0.6 is 0 Å². The molecular weight excluding hydrogens is 554 g/mol. The van der Waals surface area contributed by atoms with Crippen molar-refractivity contribution in [3.05, 3.63) is 130 Å². The fourth-order valence-corrected chi connectivity index (χ4v) is 5.89. The largest absolute Gasteiger partial charge is 0.507 e. The van der Waals surface area contributed by atoms with E-state index in [9.17, 15) is 14.7 Å². The predicted molar refractivity (Wildman–Crippen MR) is 168 cm³/mol. The number of likely N-dealkylation sites (tertiary alicyclic amines) is 1. The number of aliphatic hydroxyl groups excluding tert-OH is 1. The molecule has 0 saturated carbocycles. The van der Waals surface area contributed by atoms with E-state index in [1.165, 1.54) is 0 Å². The summed E-state index contributed by atoms with van der Waals surface area (Å²) in [6, 6.07) is 29.7. The number of benzene rings is 4. The molecule has 1 saturated heterocycles. The van der Waals surface area contributed by atoms with E-state index in [0.29, 0.717) is 55.2 Å². The number of fused-ring (bicyclic) bond motifs is 1. The fourth-order valence-electron chi connectivity index (χ4n) is 5.89. The van der Waals surface area contributed by atoms with Crippen LogP contribution in [0.5, 0.6) is 17.2 Å². The van der Waals surface area contributed by atoms with Gasteiger partial charge in [0.2, 0.25) is 0 Å². The molecular formula is C37H35NO6. The van der Waals surface area contributed by atoms with Gasteiger partial charge >= 0.3 is 0 Å². The van der Waals surface area contributed by atoms with Gasteiger partial charge in [-0.05, 0) is 72.9 Å². The standard InChI is InChI=1S/C37H35NO6/c1-3-42-32-22-27(14-17-31(32)43-23-26-12-8-5-9-13-26)34-33(35(39)28-15-16-30-29(21-28)20-24(2)44-30)36(40)37(41)38(34)19-18-25-10-6-4-7-11-25/h4-17,21-22,24,34,39H,3,18-20,23H2,1-2H3/b35-33-. The van der Waals surface area contributed by atoms with Crippen molar-refractivity contribution in [1.82, 2.24) is 4.90 Å². The summed E-state index contributed by atoms with van der Waals surface area (Å²) in [5.41, 5.74) is 4.18. The van der Waals surface area contributed by atoms with Gasteiger partial charge in [-0.15, -0.1) is 0 Å². The highest BCUT2D eigenvalue weighted by atomic mass is 16.5. The van der Waals surface area contributed by atoms with Gasteiger partial charge in [-0.2, -0.15) is 0 Å². The summed E-state index contributed by atoms with van der Waals surface area (Å²) in [4.78, 5) is 28.8. The Morgan fingerprint density at radius 1 is 0.886 bits per heavy atom. The van der Waals surface area contributed by atoms with Gasteiger partial charge in [0.05, 0.1) is 18.2 Å². The predicted octanol–water partition coefficient (Wildman–Crippen LogP) is 6.65. The van der Waals surface area contributed by atoms with Gasteiger partial charge in [-0.25, -0.2) is 0 Å². The number of Topliss-reactive ketones (excluding diaryl/α,β-unsaturated/α-hetero) is 1. The molecule has 6 rings (SSSR count). The third-order valence-corrected chi connectivity index (χ3v) is 8.01. The maximum atomic E-state index is 13.7. The van der Waals surface area contributed by atoms with Gasteiger partial charge in [0.15, 0.2) is 11.5 Å². The molecule has 1 N–H and O–H groups in total. The lowest BCUT2D eigenvalue weighted by Gasteiger charge is -2.26. The Morgan fingerprint density at radius 2 is 1.61 bits per heavy atom. The third kappa shape index (κ3) is 5.91. The summed E-state index contributed by atoms with van der Waals surface area (Å²) < 4.78 is 17.9. The topological polar surface area (TPSA) is 85.3 Å². The molecule has 1 fully saturated rings. The Bertz CT molecular complexity index is 1700. The minimum absolute atomic E-state index is 0.0329. The van der Waals surface area contributed by atoms with Gasteiger partial charge in [0.1, 0.15) is 24.2 Å². The highest BCUT2D eigenvalue weighted by molar-refractivity contribution is 6.46. The van der Waals surface area contributed by atoms with Gasteiger partial charge in [0, 0.05) is 18.5 Å². The molecule has 224 valence electrons. The minimum atomic E-state index is -0.815. The van der Waals surface area contributed by atoms with Crippen LogP contribution in [0.15, 0.2) is 103 Å². The zero-order chi connectivity index (χ0) is 30.6. The van der Waals surface area contributed by atoms with Crippen molar-refractivity contribution in [2.75, 3.05) is 13.2 Å². The summed E-state index contributed by atoms with van der Waals surface area (Å²) in [6.45, 7) is 4.92. The number of nitrogens with zero attached hydrogens (tertiary/aromatic N) is 1. The zero-order valence-corrected chi connectivity index (χ0v) is 24.9. The first-order valence-electron chi connectivity index (χ1n) is 15.0. The molecule has 7 heteroatoms. The summed E-state index contributed by atoms with van der Waals surface area (Å²) in [7, 11) is 0. The molecule has 2 aliphatic heterocycles. The molecule has 0 spiro atoms. The van der Waals surface area contributed by atoms with Crippen molar-refractivity contribution in [3.8, 4) is 17.2 Å².